The predicted molar refractivity (Wildman–Crippen MR) is 89.4 cm³/mol. The Morgan fingerprint density at radius 1 is 1.29 bits per heavy atom. The maximum absolute atomic E-state index is 12.7. The molecule has 4 nitrogen and oxygen atoms in total. The van der Waals surface area contributed by atoms with Crippen LogP contribution in [0.25, 0.3) is 0 Å². The van der Waals surface area contributed by atoms with E-state index in [0.717, 1.165) is 37.2 Å². The molecule has 0 aromatic carbocycles. The van der Waals surface area contributed by atoms with Crippen molar-refractivity contribution in [3.63, 3.8) is 0 Å². The summed E-state index contributed by atoms with van der Waals surface area (Å²) in [6.45, 7) is 9.03. The van der Waals surface area contributed by atoms with Gasteiger partial charge in [-0.05, 0) is 30.3 Å². The molecule has 2 amide bonds. The Hall–Kier alpha value is -0.710. The third-order valence-electron chi connectivity index (χ3n) is 4.15. The van der Waals surface area contributed by atoms with Gasteiger partial charge in [0.25, 0.3) is 0 Å². The number of rotatable bonds is 9. The molecule has 0 radical (unpaired) electrons. The molecule has 0 aromatic heterocycles. The van der Waals surface area contributed by atoms with E-state index in [1.165, 1.54) is 0 Å². The van der Waals surface area contributed by atoms with Gasteiger partial charge < -0.3 is 10.2 Å². The zero-order chi connectivity index (χ0) is 15.8. The van der Waals surface area contributed by atoms with Gasteiger partial charge in [-0.25, -0.2) is 0 Å². The van der Waals surface area contributed by atoms with E-state index in [9.17, 15) is 9.59 Å². The first-order valence-corrected chi connectivity index (χ1v) is 9.40. The van der Waals surface area contributed by atoms with Crippen molar-refractivity contribution < 1.29 is 9.59 Å². The van der Waals surface area contributed by atoms with Gasteiger partial charge in [0.15, 0.2) is 0 Å². The second-order valence-electron chi connectivity index (χ2n) is 5.76. The molecule has 1 N–H and O–H groups in total. The molecule has 0 spiro atoms. The number of nitrogens with zero attached hydrogens (tertiary/aromatic N) is 1. The van der Waals surface area contributed by atoms with Gasteiger partial charge in [-0.3, -0.25) is 9.59 Å². The van der Waals surface area contributed by atoms with Crippen LogP contribution < -0.4 is 5.32 Å². The maximum Gasteiger partial charge on any atom is 0.245 e. The molecule has 122 valence electrons. The summed E-state index contributed by atoms with van der Waals surface area (Å²) in [7, 11) is 0. The third kappa shape index (κ3) is 4.90. The lowest BCUT2D eigenvalue weighted by Crippen LogP contribution is -2.65. The molecule has 1 fully saturated rings. The molecule has 1 aliphatic heterocycles. The molecule has 1 aliphatic rings. The van der Waals surface area contributed by atoms with Gasteiger partial charge >= 0.3 is 0 Å². The monoisotopic (exact) mass is 314 g/mol. The van der Waals surface area contributed by atoms with Crippen LogP contribution in [0.4, 0.5) is 0 Å². The fraction of sp³-hybridized carbons (Fsp3) is 0.875. The van der Waals surface area contributed by atoms with Crippen LogP contribution in [0.5, 0.6) is 0 Å². The topological polar surface area (TPSA) is 49.4 Å². The van der Waals surface area contributed by atoms with E-state index in [-0.39, 0.29) is 29.8 Å². The zero-order valence-corrected chi connectivity index (χ0v) is 14.7. The van der Waals surface area contributed by atoms with Crippen LogP contribution in [0.1, 0.15) is 53.4 Å². The van der Waals surface area contributed by atoms with Crippen molar-refractivity contribution >= 4 is 23.6 Å². The number of nitrogens with one attached hydrogen (secondary N) is 1. The van der Waals surface area contributed by atoms with Gasteiger partial charge in [0, 0.05) is 6.54 Å². The molecule has 5 heteroatoms. The van der Waals surface area contributed by atoms with Crippen molar-refractivity contribution in [2.75, 3.05) is 18.1 Å². The standard InChI is InChI=1S/C16H30N2O2S/c1-5-9-13-16(20)18(10-8-11-21-7-3)14(12(4)6-2)15(19)17-13/h12-14H,5-11H2,1-4H3,(H,17,19). The largest absolute Gasteiger partial charge is 0.342 e. The Balaban J connectivity index is 2.79. The SMILES string of the molecule is CCCC1NC(=O)C(C(C)CC)N(CCCSCC)C1=O. The van der Waals surface area contributed by atoms with Crippen molar-refractivity contribution in [2.45, 2.75) is 65.5 Å². The summed E-state index contributed by atoms with van der Waals surface area (Å²) in [6.07, 6.45) is 3.51. The number of piperazine rings is 1. The minimum atomic E-state index is -0.318. The normalized spacial score (nSPS) is 24.1. The molecular weight excluding hydrogens is 284 g/mol. The molecule has 1 saturated heterocycles. The van der Waals surface area contributed by atoms with Gasteiger partial charge in [0.05, 0.1) is 0 Å². The first kappa shape index (κ1) is 18.3. The summed E-state index contributed by atoms with van der Waals surface area (Å²) >= 11 is 1.89. The highest BCUT2D eigenvalue weighted by atomic mass is 32.2. The van der Waals surface area contributed by atoms with Crippen molar-refractivity contribution in [3.8, 4) is 0 Å². The highest BCUT2D eigenvalue weighted by molar-refractivity contribution is 7.99. The predicted octanol–water partition coefficient (Wildman–Crippen LogP) is 2.67. The van der Waals surface area contributed by atoms with Crippen molar-refractivity contribution in [3.05, 3.63) is 0 Å². The molecule has 0 saturated carbocycles. The summed E-state index contributed by atoms with van der Waals surface area (Å²) in [5.41, 5.74) is 0. The number of hydrogen-bond acceptors (Lipinski definition) is 3. The highest BCUT2D eigenvalue weighted by Gasteiger charge is 2.41. The quantitative estimate of drug-likeness (QED) is 0.666. The lowest BCUT2D eigenvalue weighted by atomic mass is 9.92. The van der Waals surface area contributed by atoms with E-state index in [0.29, 0.717) is 6.54 Å². The smallest absolute Gasteiger partial charge is 0.245 e. The molecule has 3 atom stereocenters. The summed E-state index contributed by atoms with van der Waals surface area (Å²) in [5, 5.41) is 2.93. The van der Waals surface area contributed by atoms with Crippen LogP contribution in [0.15, 0.2) is 0 Å². The van der Waals surface area contributed by atoms with E-state index < -0.39 is 0 Å². The Morgan fingerprint density at radius 3 is 2.57 bits per heavy atom. The number of hydrogen-bond donors (Lipinski definition) is 1. The molecule has 3 unspecified atom stereocenters. The fourth-order valence-electron chi connectivity index (χ4n) is 2.80. The van der Waals surface area contributed by atoms with Crippen LogP contribution in [0.2, 0.25) is 0 Å². The van der Waals surface area contributed by atoms with Crippen LogP contribution in [0, 0.1) is 5.92 Å². The van der Waals surface area contributed by atoms with Crippen molar-refractivity contribution in [2.24, 2.45) is 5.92 Å². The van der Waals surface area contributed by atoms with Gasteiger partial charge in [-0.15, -0.1) is 0 Å². The first-order valence-electron chi connectivity index (χ1n) is 8.25. The van der Waals surface area contributed by atoms with Crippen LogP contribution in [-0.4, -0.2) is 46.8 Å². The van der Waals surface area contributed by atoms with E-state index in [1.807, 2.05) is 23.6 Å². The zero-order valence-electron chi connectivity index (χ0n) is 13.9. The summed E-state index contributed by atoms with van der Waals surface area (Å²) in [5.74, 6) is 2.50. The van der Waals surface area contributed by atoms with Crippen LogP contribution in [0.3, 0.4) is 0 Å². The Labute approximate surface area is 133 Å². The average Bonchev–Trinajstić information content (AvgIpc) is 2.47. The maximum atomic E-state index is 12.7. The fourth-order valence-corrected chi connectivity index (χ4v) is 3.42. The summed E-state index contributed by atoms with van der Waals surface area (Å²) in [6, 6.07) is -0.608. The van der Waals surface area contributed by atoms with Gasteiger partial charge in [0.1, 0.15) is 12.1 Å². The van der Waals surface area contributed by atoms with Crippen molar-refractivity contribution in [1.29, 1.82) is 0 Å². The highest BCUT2D eigenvalue weighted by Crippen LogP contribution is 2.22. The van der Waals surface area contributed by atoms with Crippen LogP contribution in [-0.2, 0) is 9.59 Å². The molecule has 1 heterocycles. The van der Waals surface area contributed by atoms with E-state index in [4.69, 9.17) is 0 Å². The molecule has 0 aliphatic carbocycles. The number of carbonyl (C=O) groups is 2. The molecule has 0 bridgehead atoms. The molecular formula is C16H30N2O2S. The first-order chi connectivity index (χ1) is 10.1. The summed E-state index contributed by atoms with van der Waals surface area (Å²) in [4.78, 5) is 26.9. The lowest BCUT2D eigenvalue weighted by Gasteiger charge is -2.41. The van der Waals surface area contributed by atoms with Crippen molar-refractivity contribution in [1.82, 2.24) is 10.2 Å². The Morgan fingerprint density at radius 2 is 2.00 bits per heavy atom. The summed E-state index contributed by atoms with van der Waals surface area (Å²) < 4.78 is 0. The van der Waals surface area contributed by atoms with E-state index >= 15 is 0 Å². The molecule has 0 aromatic rings. The molecule has 1 rings (SSSR count). The van der Waals surface area contributed by atoms with Gasteiger partial charge in [0.2, 0.25) is 11.8 Å². The van der Waals surface area contributed by atoms with Gasteiger partial charge in [-0.1, -0.05) is 40.5 Å². The van der Waals surface area contributed by atoms with E-state index in [2.05, 4.69) is 26.1 Å². The van der Waals surface area contributed by atoms with Gasteiger partial charge in [-0.2, -0.15) is 11.8 Å². The Bertz CT molecular complexity index is 349. The average molecular weight is 314 g/mol. The molecule has 21 heavy (non-hydrogen) atoms. The number of amides is 2. The van der Waals surface area contributed by atoms with Crippen LogP contribution >= 0.6 is 11.8 Å². The minimum Gasteiger partial charge on any atom is -0.342 e. The Kier molecular flexibility index (Phi) is 8.15. The minimum absolute atomic E-state index is 0.0329. The second kappa shape index (κ2) is 9.34. The number of carbonyl (C=O) groups excluding carboxylic acids is 2. The number of thioether (sulfide) groups is 1. The lowest BCUT2D eigenvalue weighted by molar-refractivity contribution is -0.151. The van der Waals surface area contributed by atoms with E-state index in [1.54, 1.807) is 0 Å². The second-order valence-corrected chi connectivity index (χ2v) is 7.16. The third-order valence-corrected chi connectivity index (χ3v) is 5.14.